The van der Waals surface area contributed by atoms with Gasteiger partial charge in [-0.15, -0.1) is 0 Å². The third kappa shape index (κ3) is 4.37. The molecule has 0 spiro atoms. The van der Waals surface area contributed by atoms with Gasteiger partial charge in [-0.1, -0.05) is 36.8 Å². The van der Waals surface area contributed by atoms with Gasteiger partial charge >= 0.3 is 0 Å². The number of hydrogen-bond donors (Lipinski definition) is 2. The Morgan fingerprint density at radius 3 is 2.79 bits per heavy atom. The second-order valence-electron chi connectivity index (χ2n) is 12.5. The number of aromatic hydroxyl groups is 1. The number of nitrogens with zero attached hydrogens (tertiary/aromatic N) is 4. The van der Waals surface area contributed by atoms with Crippen molar-refractivity contribution in [3.63, 3.8) is 0 Å². The van der Waals surface area contributed by atoms with Crippen LogP contribution in [-0.4, -0.2) is 69.9 Å². The largest absolute Gasteiger partial charge is 0.508 e. The van der Waals surface area contributed by atoms with Crippen molar-refractivity contribution in [2.75, 3.05) is 31.1 Å². The molecule has 6 nitrogen and oxygen atoms in total. The average molecular weight is 578 g/mol. The molecule has 218 valence electrons. The summed E-state index contributed by atoms with van der Waals surface area (Å²) in [5.74, 6) is 6.14. The lowest BCUT2D eigenvalue weighted by Crippen LogP contribution is -2.51. The molecule has 0 radical (unpaired) electrons. The van der Waals surface area contributed by atoms with Crippen LogP contribution in [0.5, 0.6) is 5.75 Å². The number of anilines is 1. The van der Waals surface area contributed by atoms with Crippen LogP contribution in [0.4, 0.5) is 14.5 Å². The molecule has 4 aliphatic rings. The summed E-state index contributed by atoms with van der Waals surface area (Å²) in [6, 6.07) is 11.6. The Bertz CT molecular complexity index is 1850. The number of rotatable bonds is 3. The third-order valence-corrected chi connectivity index (χ3v) is 9.83. The molecule has 4 saturated heterocycles. The number of fused-ring (bicyclic) bond motifs is 5. The number of halogens is 2. The SMILES string of the molecule is C=Cc1cccc2cc(O)cc(-c3ncc4c(N5CC6CCC(C5)N6)cc(C#CC56CCCN5CC(F)C6)nc4c3F)c12. The summed E-state index contributed by atoms with van der Waals surface area (Å²) in [7, 11) is 0. The van der Waals surface area contributed by atoms with Crippen LogP contribution in [0.3, 0.4) is 0 Å². The molecule has 0 aliphatic carbocycles. The van der Waals surface area contributed by atoms with Gasteiger partial charge in [-0.05, 0) is 72.7 Å². The van der Waals surface area contributed by atoms with Gasteiger partial charge in [0, 0.05) is 55.3 Å². The van der Waals surface area contributed by atoms with Crippen LogP contribution in [0.15, 0.2) is 49.2 Å². The average Bonchev–Trinajstić information content (AvgIpc) is 3.65. The van der Waals surface area contributed by atoms with E-state index in [-0.39, 0.29) is 17.0 Å². The van der Waals surface area contributed by atoms with Gasteiger partial charge in [0.15, 0.2) is 5.82 Å². The van der Waals surface area contributed by atoms with Crippen molar-refractivity contribution >= 4 is 33.4 Å². The Morgan fingerprint density at radius 2 is 1.98 bits per heavy atom. The summed E-state index contributed by atoms with van der Waals surface area (Å²) in [6.45, 7) is 6.84. The summed E-state index contributed by atoms with van der Waals surface area (Å²) in [4.78, 5) is 13.9. The van der Waals surface area contributed by atoms with Crippen molar-refractivity contribution < 1.29 is 13.9 Å². The molecular weight excluding hydrogens is 544 g/mol. The zero-order valence-electron chi connectivity index (χ0n) is 23.9. The van der Waals surface area contributed by atoms with Crippen molar-refractivity contribution in [3.8, 4) is 28.8 Å². The van der Waals surface area contributed by atoms with E-state index in [1.54, 1.807) is 24.4 Å². The molecule has 4 aromatic rings. The number of pyridine rings is 2. The van der Waals surface area contributed by atoms with E-state index in [0.717, 1.165) is 67.3 Å². The minimum atomic E-state index is -0.880. The molecule has 2 aromatic heterocycles. The zero-order valence-corrected chi connectivity index (χ0v) is 23.9. The van der Waals surface area contributed by atoms with E-state index in [2.05, 4.69) is 38.5 Å². The van der Waals surface area contributed by atoms with Gasteiger partial charge in [-0.2, -0.15) is 0 Å². The Labute approximate surface area is 249 Å². The number of alkyl halides is 1. The lowest BCUT2D eigenvalue weighted by atomic mass is 9.94. The van der Waals surface area contributed by atoms with Crippen LogP contribution >= 0.6 is 0 Å². The predicted molar refractivity (Wildman–Crippen MR) is 166 cm³/mol. The van der Waals surface area contributed by atoms with Gasteiger partial charge in [0.2, 0.25) is 0 Å². The molecule has 4 unspecified atom stereocenters. The number of piperazine rings is 1. The number of aromatic nitrogens is 2. The summed E-state index contributed by atoms with van der Waals surface area (Å²) >= 11 is 0. The first kappa shape index (κ1) is 26.6. The highest BCUT2D eigenvalue weighted by Gasteiger charge is 2.47. The molecule has 4 fully saturated rings. The van der Waals surface area contributed by atoms with E-state index < -0.39 is 17.5 Å². The van der Waals surface area contributed by atoms with Crippen LogP contribution in [0.25, 0.3) is 39.0 Å². The van der Waals surface area contributed by atoms with Gasteiger partial charge < -0.3 is 15.3 Å². The van der Waals surface area contributed by atoms with Crippen molar-refractivity contribution in [2.45, 2.75) is 55.9 Å². The van der Waals surface area contributed by atoms with Crippen LogP contribution in [0.1, 0.15) is 43.4 Å². The van der Waals surface area contributed by atoms with Gasteiger partial charge in [0.1, 0.15) is 28.8 Å². The monoisotopic (exact) mass is 577 g/mol. The van der Waals surface area contributed by atoms with E-state index in [1.165, 1.54) is 0 Å². The Kier molecular flexibility index (Phi) is 6.18. The fourth-order valence-electron chi connectivity index (χ4n) is 7.91. The normalized spacial score (nSPS) is 26.6. The molecule has 8 heteroatoms. The van der Waals surface area contributed by atoms with Crippen molar-refractivity contribution in [2.24, 2.45) is 0 Å². The highest BCUT2D eigenvalue weighted by atomic mass is 19.1. The second-order valence-corrected chi connectivity index (χ2v) is 12.5. The Morgan fingerprint density at radius 1 is 1.14 bits per heavy atom. The Hall–Kier alpha value is -4.06. The van der Waals surface area contributed by atoms with Crippen molar-refractivity contribution in [1.82, 2.24) is 20.2 Å². The van der Waals surface area contributed by atoms with Gasteiger partial charge in [-0.25, -0.2) is 13.8 Å². The van der Waals surface area contributed by atoms with E-state index in [9.17, 15) is 9.50 Å². The van der Waals surface area contributed by atoms with E-state index >= 15 is 4.39 Å². The zero-order chi connectivity index (χ0) is 29.3. The number of benzene rings is 2. The minimum Gasteiger partial charge on any atom is -0.508 e. The van der Waals surface area contributed by atoms with Crippen LogP contribution in [0, 0.1) is 17.7 Å². The second kappa shape index (κ2) is 10.0. The van der Waals surface area contributed by atoms with Gasteiger partial charge in [-0.3, -0.25) is 9.88 Å². The van der Waals surface area contributed by atoms with Crippen LogP contribution in [0.2, 0.25) is 0 Å². The highest BCUT2D eigenvalue weighted by Crippen LogP contribution is 2.41. The molecule has 0 amide bonds. The molecule has 8 rings (SSSR count). The third-order valence-electron chi connectivity index (χ3n) is 9.83. The molecule has 2 aromatic carbocycles. The minimum absolute atomic E-state index is 0.0256. The van der Waals surface area contributed by atoms with Gasteiger partial charge in [0.05, 0.1) is 11.2 Å². The Balaban J connectivity index is 1.32. The molecule has 2 bridgehead atoms. The first-order valence-electron chi connectivity index (χ1n) is 15.2. The van der Waals surface area contributed by atoms with E-state index in [4.69, 9.17) is 4.98 Å². The molecule has 4 aliphatic heterocycles. The fourth-order valence-corrected chi connectivity index (χ4v) is 7.91. The lowest BCUT2D eigenvalue weighted by Gasteiger charge is -2.35. The maximum absolute atomic E-state index is 16.8. The molecule has 43 heavy (non-hydrogen) atoms. The smallest absolute Gasteiger partial charge is 0.175 e. The first-order valence-corrected chi connectivity index (χ1v) is 15.2. The topological polar surface area (TPSA) is 64.5 Å². The molecule has 0 saturated carbocycles. The van der Waals surface area contributed by atoms with Crippen molar-refractivity contribution in [1.29, 1.82) is 0 Å². The number of nitrogens with one attached hydrogen (secondary N) is 1. The first-order chi connectivity index (χ1) is 20.9. The van der Waals surface area contributed by atoms with E-state index in [0.29, 0.717) is 41.7 Å². The quantitative estimate of drug-likeness (QED) is 0.300. The molecular formula is C35H33F2N5O. The van der Waals surface area contributed by atoms with Crippen LogP contribution in [-0.2, 0) is 0 Å². The highest BCUT2D eigenvalue weighted by molar-refractivity contribution is 6.04. The van der Waals surface area contributed by atoms with Gasteiger partial charge in [0.25, 0.3) is 0 Å². The number of phenolic OH excluding ortho intramolecular Hbond substituents is 1. The number of hydrogen-bond acceptors (Lipinski definition) is 6. The standard InChI is InChI=1S/C35H33F2N5O/c1-2-21-5-3-6-22-13-27(43)15-28(31(21)22)33-32(37)34-29(17-38-33)30(41-19-25-7-8-26(20-41)39-25)14-24(40-34)9-11-35-10-4-12-42(35)18-23(36)16-35/h2-3,5-6,13-15,17,23,25-26,39,43H,1,4,7-8,10,12,16,18-20H2. The predicted octanol–water partition coefficient (Wildman–Crippen LogP) is 5.81. The summed E-state index contributed by atoms with van der Waals surface area (Å²) < 4.78 is 31.2. The van der Waals surface area contributed by atoms with Crippen molar-refractivity contribution in [3.05, 3.63) is 66.2 Å². The fraction of sp³-hybridized carbons (Fsp3) is 0.371. The summed E-state index contributed by atoms with van der Waals surface area (Å²) in [5, 5.41) is 16.4. The molecule has 4 atom stereocenters. The summed E-state index contributed by atoms with van der Waals surface area (Å²) in [6.07, 6.45) is 7.01. The maximum atomic E-state index is 16.8. The molecule has 2 N–H and O–H groups in total. The lowest BCUT2D eigenvalue weighted by molar-refractivity contribution is 0.255. The number of phenols is 1. The maximum Gasteiger partial charge on any atom is 0.175 e. The molecule has 6 heterocycles. The van der Waals surface area contributed by atoms with Crippen LogP contribution < -0.4 is 10.2 Å². The van der Waals surface area contributed by atoms with E-state index in [1.807, 2.05) is 24.3 Å². The summed E-state index contributed by atoms with van der Waals surface area (Å²) in [5.41, 5.74) is 2.47.